The molecule has 0 bridgehead atoms. The van der Waals surface area contributed by atoms with Gasteiger partial charge in [0.05, 0.1) is 17.7 Å². The van der Waals surface area contributed by atoms with Crippen LogP contribution in [0.3, 0.4) is 0 Å². The predicted octanol–water partition coefficient (Wildman–Crippen LogP) is 2.88. The van der Waals surface area contributed by atoms with E-state index >= 15 is 0 Å². The van der Waals surface area contributed by atoms with Gasteiger partial charge in [0.2, 0.25) is 0 Å². The van der Waals surface area contributed by atoms with Crippen molar-refractivity contribution in [3.8, 4) is 5.69 Å². The van der Waals surface area contributed by atoms with Gasteiger partial charge in [-0.2, -0.15) is 0 Å². The van der Waals surface area contributed by atoms with Gasteiger partial charge >= 0.3 is 0 Å². The molecule has 0 amide bonds. The van der Waals surface area contributed by atoms with Crippen molar-refractivity contribution >= 4 is 0 Å². The Bertz CT molecular complexity index is 599. The van der Waals surface area contributed by atoms with E-state index in [2.05, 4.69) is 10.3 Å². The Morgan fingerprint density at radius 1 is 1.37 bits per heavy atom. The molecule has 0 spiro atoms. The van der Waals surface area contributed by atoms with Crippen LogP contribution < -0.4 is 5.32 Å². The minimum Gasteiger partial charge on any atom is -0.310 e. The molecule has 2 aromatic rings. The standard InChI is InChI=1S/C15H18FN3/c1-10-11(2)19(9-18-10)15-6-3-12(7-14(15)16)8-17-13-4-5-13/h3,6-7,9,13,17H,4-5,8H2,1-2H3. The van der Waals surface area contributed by atoms with Gasteiger partial charge in [0.15, 0.2) is 0 Å². The average molecular weight is 259 g/mol. The molecule has 1 aliphatic carbocycles. The quantitative estimate of drug-likeness (QED) is 0.915. The van der Waals surface area contributed by atoms with Crippen LogP contribution in [0.5, 0.6) is 0 Å². The lowest BCUT2D eigenvalue weighted by atomic mass is 10.2. The Hall–Kier alpha value is -1.68. The van der Waals surface area contributed by atoms with Crippen LogP contribution in [-0.4, -0.2) is 15.6 Å². The van der Waals surface area contributed by atoms with Crippen LogP contribution in [0.1, 0.15) is 29.8 Å². The molecule has 1 aromatic heterocycles. The molecule has 0 radical (unpaired) electrons. The summed E-state index contributed by atoms with van der Waals surface area (Å²) in [4.78, 5) is 4.21. The van der Waals surface area contributed by atoms with Crippen molar-refractivity contribution in [2.45, 2.75) is 39.3 Å². The van der Waals surface area contributed by atoms with Gasteiger partial charge in [-0.3, -0.25) is 0 Å². The number of hydrogen-bond donors (Lipinski definition) is 1. The maximum atomic E-state index is 14.2. The smallest absolute Gasteiger partial charge is 0.147 e. The number of aryl methyl sites for hydroxylation is 1. The van der Waals surface area contributed by atoms with E-state index in [4.69, 9.17) is 0 Å². The zero-order valence-electron chi connectivity index (χ0n) is 11.3. The van der Waals surface area contributed by atoms with Crippen molar-refractivity contribution in [2.75, 3.05) is 0 Å². The number of nitrogens with one attached hydrogen (secondary N) is 1. The van der Waals surface area contributed by atoms with Gasteiger partial charge in [-0.05, 0) is 44.4 Å². The van der Waals surface area contributed by atoms with Crippen molar-refractivity contribution in [1.29, 1.82) is 0 Å². The summed E-state index contributed by atoms with van der Waals surface area (Å²) >= 11 is 0. The summed E-state index contributed by atoms with van der Waals surface area (Å²) in [6.45, 7) is 4.62. The van der Waals surface area contributed by atoms with Crippen molar-refractivity contribution in [2.24, 2.45) is 0 Å². The first-order chi connectivity index (χ1) is 9.15. The number of halogens is 1. The van der Waals surface area contributed by atoms with E-state index < -0.39 is 0 Å². The molecule has 3 rings (SSSR count). The molecule has 100 valence electrons. The van der Waals surface area contributed by atoms with E-state index in [1.54, 1.807) is 17.0 Å². The number of nitrogens with zero attached hydrogens (tertiary/aromatic N) is 2. The Balaban J connectivity index is 1.84. The first-order valence-electron chi connectivity index (χ1n) is 6.68. The van der Waals surface area contributed by atoms with E-state index in [0.717, 1.165) is 23.5 Å². The molecule has 3 nitrogen and oxygen atoms in total. The maximum absolute atomic E-state index is 14.2. The third kappa shape index (κ3) is 2.54. The minimum atomic E-state index is -0.199. The van der Waals surface area contributed by atoms with Crippen LogP contribution in [0, 0.1) is 19.7 Å². The fourth-order valence-electron chi connectivity index (χ4n) is 2.15. The minimum absolute atomic E-state index is 0.199. The molecule has 1 aromatic carbocycles. The average Bonchev–Trinajstić information content (AvgIpc) is 3.16. The van der Waals surface area contributed by atoms with Crippen LogP contribution in [0.4, 0.5) is 4.39 Å². The number of benzene rings is 1. The van der Waals surface area contributed by atoms with Crippen LogP contribution >= 0.6 is 0 Å². The summed E-state index contributed by atoms with van der Waals surface area (Å²) in [6.07, 6.45) is 4.16. The predicted molar refractivity (Wildman–Crippen MR) is 72.9 cm³/mol. The lowest BCUT2D eigenvalue weighted by molar-refractivity contribution is 0.609. The van der Waals surface area contributed by atoms with E-state index in [1.807, 2.05) is 26.0 Å². The number of rotatable bonds is 4. The molecule has 1 aliphatic rings. The Kier molecular flexibility index (Phi) is 3.11. The topological polar surface area (TPSA) is 29.9 Å². The highest BCUT2D eigenvalue weighted by atomic mass is 19.1. The van der Waals surface area contributed by atoms with Crippen molar-refractivity contribution in [3.05, 3.63) is 47.3 Å². The third-order valence-electron chi connectivity index (χ3n) is 3.70. The number of aromatic nitrogens is 2. The second-order valence-electron chi connectivity index (χ2n) is 5.23. The highest BCUT2D eigenvalue weighted by Gasteiger charge is 2.20. The highest BCUT2D eigenvalue weighted by molar-refractivity contribution is 5.39. The summed E-state index contributed by atoms with van der Waals surface area (Å²) in [5.74, 6) is -0.199. The molecule has 1 N–H and O–H groups in total. The van der Waals surface area contributed by atoms with Crippen LogP contribution in [0.15, 0.2) is 24.5 Å². The molecule has 1 heterocycles. The first kappa shape index (κ1) is 12.4. The molecule has 4 heteroatoms. The Labute approximate surface area is 112 Å². The maximum Gasteiger partial charge on any atom is 0.147 e. The van der Waals surface area contributed by atoms with E-state index in [9.17, 15) is 4.39 Å². The van der Waals surface area contributed by atoms with Crippen molar-refractivity contribution in [1.82, 2.24) is 14.9 Å². The third-order valence-corrected chi connectivity index (χ3v) is 3.70. The fourth-order valence-corrected chi connectivity index (χ4v) is 2.15. The molecule has 0 unspecified atom stereocenters. The second kappa shape index (κ2) is 4.78. The normalized spacial score (nSPS) is 14.9. The van der Waals surface area contributed by atoms with E-state index in [-0.39, 0.29) is 5.82 Å². The van der Waals surface area contributed by atoms with Crippen LogP contribution in [0.2, 0.25) is 0 Å². The van der Waals surface area contributed by atoms with E-state index in [0.29, 0.717) is 11.7 Å². The molecular weight excluding hydrogens is 241 g/mol. The zero-order chi connectivity index (χ0) is 13.4. The summed E-state index contributed by atoms with van der Waals surface area (Å²) in [7, 11) is 0. The largest absolute Gasteiger partial charge is 0.310 e. The molecule has 0 saturated heterocycles. The molecule has 1 saturated carbocycles. The first-order valence-corrected chi connectivity index (χ1v) is 6.68. The van der Waals surface area contributed by atoms with Gasteiger partial charge in [0.1, 0.15) is 5.82 Å². The monoisotopic (exact) mass is 259 g/mol. The molecule has 1 fully saturated rings. The Morgan fingerprint density at radius 2 is 2.16 bits per heavy atom. The zero-order valence-corrected chi connectivity index (χ0v) is 11.3. The van der Waals surface area contributed by atoms with Gasteiger partial charge < -0.3 is 9.88 Å². The number of imidazole rings is 1. The van der Waals surface area contributed by atoms with Crippen molar-refractivity contribution in [3.63, 3.8) is 0 Å². The summed E-state index contributed by atoms with van der Waals surface area (Å²) in [5.41, 5.74) is 3.46. The van der Waals surface area contributed by atoms with Gasteiger partial charge in [-0.25, -0.2) is 9.37 Å². The van der Waals surface area contributed by atoms with Gasteiger partial charge in [-0.1, -0.05) is 6.07 Å². The summed E-state index contributed by atoms with van der Waals surface area (Å²) in [6, 6.07) is 6.05. The van der Waals surface area contributed by atoms with Crippen LogP contribution in [0.25, 0.3) is 5.69 Å². The summed E-state index contributed by atoms with van der Waals surface area (Å²) in [5, 5.41) is 3.39. The number of hydrogen-bond acceptors (Lipinski definition) is 2. The molecule has 19 heavy (non-hydrogen) atoms. The van der Waals surface area contributed by atoms with Gasteiger partial charge in [0, 0.05) is 18.3 Å². The lowest BCUT2D eigenvalue weighted by Crippen LogP contribution is -2.15. The molecule has 0 atom stereocenters. The SMILES string of the molecule is Cc1ncn(-c2ccc(CNC3CC3)cc2F)c1C. The highest BCUT2D eigenvalue weighted by Crippen LogP contribution is 2.21. The lowest BCUT2D eigenvalue weighted by Gasteiger charge is -2.09. The Morgan fingerprint density at radius 3 is 2.74 bits per heavy atom. The summed E-state index contributed by atoms with van der Waals surface area (Å²) < 4.78 is 16.0. The fraction of sp³-hybridized carbons (Fsp3) is 0.400. The molecule has 0 aliphatic heterocycles. The van der Waals surface area contributed by atoms with Gasteiger partial charge in [0.25, 0.3) is 0 Å². The van der Waals surface area contributed by atoms with Gasteiger partial charge in [-0.15, -0.1) is 0 Å². The van der Waals surface area contributed by atoms with Crippen LogP contribution in [-0.2, 0) is 6.54 Å². The van der Waals surface area contributed by atoms with Crippen molar-refractivity contribution < 1.29 is 4.39 Å². The second-order valence-corrected chi connectivity index (χ2v) is 5.23. The van der Waals surface area contributed by atoms with E-state index in [1.165, 1.54) is 12.8 Å². The molecular formula is C15H18FN3.